The van der Waals surface area contributed by atoms with Crippen molar-refractivity contribution in [3.05, 3.63) is 35.4 Å². The van der Waals surface area contributed by atoms with Crippen LogP contribution in [-0.2, 0) is 26.0 Å². The third-order valence-electron chi connectivity index (χ3n) is 7.86. The third-order valence-corrected chi connectivity index (χ3v) is 7.86. The summed E-state index contributed by atoms with van der Waals surface area (Å²) in [6.07, 6.45) is 0.346. The van der Waals surface area contributed by atoms with Crippen LogP contribution in [0.15, 0.2) is 24.3 Å². The SMILES string of the molecule is CCN1C(=O)CC(CC(=O)N(C)CC2NNC3CCCCCC32)(c2cccc(C(F)(F)F)c2)C1=O. The van der Waals surface area contributed by atoms with Crippen LogP contribution in [0.4, 0.5) is 13.2 Å². The van der Waals surface area contributed by atoms with Gasteiger partial charge in [0.15, 0.2) is 0 Å². The van der Waals surface area contributed by atoms with Gasteiger partial charge in [0.25, 0.3) is 0 Å². The number of amides is 3. The molecule has 2 saturated heterocycles. The van der Waals surface area contributed by atoms with Crippen LogP contribution in [-0.4, -0.2) is 59.7 Å². The number of rotatable bonds is 6. The largest absolute Gasteiger partial charge is 0.416 e. The Morgan fingerprint density at radius 3 is 2.60 bits per heavy atom. The molecule has 0 bridgehead atoms. The third kappa shape index (κ3) is 4.95. The molecule has 1 saturated carbocycles. The Labute approximate surface area is 203 Å². The maximum atomic E-state index is 13.4. The fourth-order valence-corrected chi connectivity index (χ4v) is 5.87. The first kappa shape index (κ1) is 25.6. The number of nitrogens with one attached hydrogen (secondary N) is 2. The summed E-state index contributed by atoms with van der Waals surface area (Å²) >= 11 is 0. The van der Waals surface area contributed by atoms with Crippen molar-refractivity contribution in [2.24, 2.45) is 5.92 Å². The van der Waals surface area contributed by atoms with Gasteiger partial charge >= 0.3 is 6.18 Å². The Hall–Kier alpha value is -2.46. The maximum absolute atomic E-state index is 13.4. The van der Waals surface area contributed by atoms with E-state index in [0.29, 0.717) is 18.5 Å². The second-order valence-corrected chi connectivity index (χ2v) is 10.0. The van der Waals surface area contributed by atoms with Crippen LogP contribution in [0.5, 0.6) is 0 Å². The molecular weight excluding hydrogens is 461 g/mol. The molecule has 1 aromatic rings. The van der Waals surface area contributed by atoms with Crippen LogP contribution >= 0.6 is 0 Å². The first-order valence-electron chi connectivity index (χ1n) is 12.3. The van der Waals surface area contributed by atoms with Crippen molar-refractivity contribution in [2.75, 3.05) is 20.1 Å². The number of nitrogens with zero attached hydrogens (tertiary/aromatic N) is 2. The molecule has 192 valence electrons. The highest BCUT2D eigenvalue weighted by molar-refractivity contribution is 6.10. The monoisotopic (exact) mass is 494 g/mol. The topological polar surface area (TPSA) is 81.8 Å². The lowest BCUT2D eigenvalue weighted by molar-refractivity contribution is -0.142. The molecule has 35 heavy (non-hydrogen) atoms. The number of hydrogen-bond acceptors (Lipinski definition) is 5. The number of carbonyl (C=O) groups is 3. The molecule has 3 fully saturated rings. The number of benzene rings is 1. The predicted molar refractivity (Wildman–Crippen MR) is 123 cm³/mol. The quantitative estimate of drug-likeness (QED) is 0.595. The molecule has 4 unspecified atom stereocenters. The van der Waals surface area contributed by atoms with Gasteiger partial charge in [-0.3, -0.25) is 30.1 Å². The normalized spacial score (nSPS) is 29.3. The Balaban J connectivity index is 1.58. The number of halogens is 3. The summed E-state index contributed by atoms with van der Waals surface area (Å²) in [6.45, 7) is 2.14. The molecule has 2 aliphatic heterocycles. The highest BCUT2D eigenvalue weighted by Crippen LogP contribution is 2.42. The maximum Gasteiger partial charge on any atom is 0.416 e. The van der Waals surface area contributed by atoms with E-state index in [9.17, 15) is 27.6 Å². The Morgan fingerprint density at radius 1 is 1.17 bits per heavy atom. The van der Waals surface area contributed by atoms with Gasteiger partial charge < -0.3 is 4.90 Å². The van der Waals surface area contributed by atoms with Gasteiger partial charge in [-0.05, 0) is 37.3 Å². The van der Waals surface area contributed by atoms with Gasteiger partial charge in [-0.1, -0.05) is 37.5 Å². The summed E-state index contributed by atoms with van der Waals surface area (Å²) in [4.78, 5) is 42.0. The van der Waals surface area contributed by atoms with Crippen LogP contribution in [0, 0.1) is 5.92 Å². The molecular formula is C25H33F3N4O3. The zero-order valence-corrected chi connectivity index (χ0v) is 20.2. The zero-order chi connectivity index (χ0) is 25.4. The van der Waals surface area contributed by atoms with Gasteiger partial charge in [-0.15, -0.1) is 0 Å². The van der Waals surface area contributed by atoms with Crippen molar-refractivity contribution in [1.29, 1.82) is 0 Å². The molecule has 2 heterocycles. The minimum Gasteiger partial charge on any atom is -0.344 e. The molecule has 4 rings (SSSR count). The number of fused-ring (bicyclic) bond motifs is 1. The standard InChI is InChI=1S/C25H33F3N4O3/c1-3-32-22(34)14-24(23(32)35,16-8-7-9-17(12-16)25(26,27)28)13-21(33)31(2)15-20-18-10-5-4-6-11-19(18)29-30-20/h7-9,12,18-20,29-30H,3-6,10-11,13-15H2,1-2H3. The van der Waals surface area contributed by atoms with Gasteiger partial charge in [0.2, 0.25) is 17.7 Å². The fraction of sp³-hybridized carbons (Fsp3) is 0.640. The highest BCUT2D eigenvalue weighted by atomic mass is 19.4. The van der Waals surface area contributed by atoms with Crippen molar-refractivity contribution < 1.29 is 27.6 Å². The van der Waals surface area contributed by atoms with Crippen molar-refractivity contribution in [2.45, 2.75) is 75.5 Å². The first-order valence-corrected chi connectivity index (χ1v) is 12.3. The molecule has 0 spiro atoms. The number of hydrogen-bond donors (Lipinski definition) is 2. The number of hydrazine groups is 1. The van der Waals surface area contributed by atoms with Gasteiger partial charge in [0.05, 0.1) is 11.0 Å². The number of alkyl halides is 3. The van der Waals surface area contributed by atoms with E-state index in [0.717, 1.165) is 36.3 Å². The molecule has 0 aromatic heterocycles. The van der Waals surface area contributed by atoms with E-state index in [-0.39, 0.29) is 36.9 Å². The lowest BCUT2D eigenvalue weighted by atomic mass is 9.75. The number of likely N-dealkylation sites (tertiary alicyclic amines) is 1. The van der Waals surface area contributed by atoms with E-state index in [2.05, 4.69) is 10.9 Å². The summed E-state index contributed by atoms with van der Waals surface area (Å²) in [7, 11) is 1.65. The Bertz CT molecular complexity index is 985. The lowest BCUT2D eigenvalue weighted by Crippen LogP contribution is -2.46. The number of carbonyl (C=O) groups excluding carboxylic acids is 3. The second kappa shape index (κ2) is 9.89. The lowest BCUT2D eigenvalue weighted by Gasteiger charge is -2.31. The predicted octanol–water partition coefficient (Wildman–Crippen LogP) is 3.00. The molecule has 10 heteroatoms. The van der Waals surface area contributed by atoms with Crippen molar-refractivity contribution >= 4 is 17.7 Å². The van der Waals surface area contributed by atoms with Crippen molar-refractivity contribution in [3.63, 3.8) is 0 Å². The fourth-order valence-electron chi connectivity index (χ4n) is 5.87. The van der Waals surface area contributed by atoms with Gasteiger partial charge in [0, 0.05) is 45.1 Å². The van der Waals surface area contributed by atoms with Gasteiger partial charge in [-0.25, -0.2) is 0 Å². The van der Waals surface area contributed by atoms with E-state index in [1.54, 1.807) is 14.0 Å². The minimum absolute atomic E-state index is 0.0459. The summed E-state index contributed by atoms with van der Waals surface area (Å²) in [5.41, 5.74) is 4.14. The average Bonchev–Trinajstić information content (AvgIpc) is 3.18. The van der Waals surface area contributed by atoms with E-state index < -0.39 is 29.0 Å². The molecule has 0 radical (unpaired) electrons. The average molecular weight is 495 g/mol. The summed E-state index contributed by atoms with van der Waals surface area (Å²) in [5.74, 6) is -1.08. The number of imide groups is 1. The molecule has 4 atom stereocenters. The Morgan fingerprint density at radius 2 is 1.91 bits per heavy atom. The minimum atomic E-state index is -4.61. The van der Waals surface area contributed by atoms with Crippen molar-refractivity contribution in [3.8, 4) is 0 Å². The van der Waals surface area contributed by atoms with Gasteiger partial charge in [0.1, 0.15) is 0 Å². The van der Waals surface area contributed by atoms with E-state index in [4.69, 9.17) is 0 Å². The molecule has 1 aromatic carbocycles. The van der Waals surface area contributed by atoms with Crippen molar-refractivity contribution in [1.82, 2.24) is 20.7 Å². The highest BCUT2D eigenvalue weighted by Gasteiger charge is 2.54. The Kier molecular flexibility index (Phi) is 7.24. The molecule has 2 N–H and O–H groups in total. The smallest absolute Gasteiger partial charge is 0.344 e. The molecule has 1 aliphatic carbocycles. The first-order chi connectivity index (χ1) is 16.6. The van der Waals surface area contributed by atoms with Crippen LogP contribution in [0.2, 0.25) is 0 Å². The summed E-state index contributed by atoms with van der Waals surface area (Å²) in [6, 6.07) is 4.85. The van der Waals surface area contributed by atoms with E-state index >= 15 is 0 Å². The van der Waals surface area contributed by atoms with Crippen LogP contribution < -0.4 is 10.9 Å². The molecule has 7 nitrogen and oxygen atoms in total. The van der Waals surface area contributed by atoms with E-state index in [1.165, 1.54) is 29.9 Å². The number of likely N-dealkylation sites (N-methyl/N-ethyl adjacent to an activating group) is 2. The van der Waals surface area contributed by atoms with Crippen LogP contribution in [0.25, 0.3) is 0 Å². The van der Waals surface area contributed by atoms with Gasteiger partial charge in [-0.2, -0.15) is 13.2 Å². The zero-order valence-electron chi connectivity index (χ0n) is 20.2. The van der Waals surface area contributed by atoms with E-state index in [1.807, 2.05) is 0 Å². The van der Waals surface area contributed by atoms with Crippen LogP contribution in [0.3, 0.4) is 0 Å². The molecule has 3 aliphatic rings. The summed E-state index contributed by atoms with van der Waals surface area (Å²) in [5, 5.41) is 0. The van der Waals surface area contributed by atoms with Crippen LogP contribution in [0.1, 0.15) is 63.0 Å². The second-order valence-electron chi connectivity index (χ2n) is 10.0. The molecule has 3 amide bonds. The summed E-state index contributed by atoms with van der Waals surface area (Å²) < 4.78 is 40.3.